The lowest BCUT2D eigenvalue weighted by Crippen LogP contribution is -2.57. The number of carbonyl (C=O) groups excluding carboxylic acids is 2. The van der Waals surface area contributed by atoms with E-state index < -0.39 is 16.1 Å². The maximum atomic E-state index is 13.8. The van der Waals surface area contributed by atoms with Gasteiger partial charge in [0.1, 0.15) is 4.21 Å². The number of amides is 2. The molecule has 0 saturated carbocycles. The van der Waals surface area contributed by atoms with E-state index in [4.69, 9.17) is 11.6 Å². The molecule has 1 aromatic carbocycles. The van der Waals surface area contributed by atoms with Crippen molar-refractivity contribution in [3.63, 3.8) is 0 Å². The predicted octanol–water partition coefficient (Wildman–Crippen LogP) is 3.41. The van der Waals surface area contributed by atoms with Crippen LogP contribution in [0.15, 0.2) is 28.5 Å². The molecule has 0 N–H and O–H groups in total. The molecule has 2 aliphatic heterocycles. The Morgan fingerprint density at radius 1 is 1.16 bits per heavy atom. The molecular weight excluding hydrogens is 589 g/mol. The van der Waals surface area contributed by atoms with E-state index in [1.807, 2.05) is 7.05 Å². The van der Waals surface area contributed by atoms with Gasteiger partial charge in [0.25, 0.3) is 15.9 Å². The number of hydrogen-bond acceptors (Lipinski definition) is 8. The van der Waals surface area contributed by atoms with Crippen LogP contribution in [0, 0.1) is 0 Å². The Kier molecular flexibility index (Phi) is 8.73. The molecule has 1 unspecified atom stereocenters. The number of nitrogens with zero attached hydrogens (tertiary/aromatic N) is 5. The molecule has 2 amide bonds. The van der Waals surface area contributed by atoms with Gasteiger partial charge in [0, 0.05) is 74.3 Å². The van der Waals surface area contributed by atoms with Crippen molar-refractivity contribution in [2.45, 2.75) is 29.6 Å². The molecule has 2 aliphatic rings. The highest BCUT2D eigenvalue weighted by atomic mass is 35.5. The van der Waals surface area contributed by atoms with E-state index >= 15 is 0 Å². The third kappa shape index (κ3) is 5.72. The summed E-state index contributed by atoms with van der Waals surface area (Å²) in [5.41, 5.74) is 0.969. The number of halogens is 2. The first-order valence-corrected chi connectivity index (χ1v) is 15.4. The maximum absolute atomic E-state index is 13.8. The number of thiophene rings is 1. The zero-order valence-electron chi connectivity index (χ0n) is 21.2. The van der Waals surface area contributed by atoms with Crippen LogP contribution in [0.5, 0.6) is 0 Å². The largest absolute Gasteiger partial charge is 0.349 e. The van der Waals surface area contributed by atoms with Gasteiger partial charge in [-0.25, -0.2) is 13.4 Å². The summed E-state index contributed by atoms with van der Waals surface area (Å²) in [4.78, 5) is 37.1. The van der Waals surface area contributed by atoms with Gasteiger partial charge >= 0.3 is 0 Å². The third-order valence-corrected chi connectivity index (χ3v) is 11.6. The topological polar surface area (TPSA) is 94.1 Å². The summed E-state index contributed by atoms with van der Waals surface area (Å²) < 4.78 is 29.9. The van der Waals surface area contributed by atoms with E-state index in [9.17, 15) is 18.0 Å². The van der Waals surface area contributed by atoms with Crippen molar-refractivity contribution >= 4 is 78.6 Å². The van der Waals surface area contributed by atoms with Crippen molar-refractivity contribution < 1.29 is 18.0 Å². The van der Waals surface area contributed by atoms with Gasteiger partial charge in [0.05, 0.1) is 11.7 Å². The first-order valence-electron chi connectivity index (χ1n) is 11.9. The summed E-state index contributed by atoms with van der Waals surface area (Å²) >= 11 is 8.66. The molecule has 206 valence electrons. The number of hydrogen-bond donors (Lipinski definition) is 0. The lowest BCUT2D eigenvalue weighted by molar-refractivity contribution is -0.129. The molecule has 38 heavy (non-hydrogen) atoms. The SMILES string of the molecule is CN1CCc2nc(C(=O)N3CCN(S(=O)(=O)c4cc5ccc(Cl)cc5s4)C(CC(=O)N(C)C)C3)sc2C1.Cl. The molecule has 9 nitrogen and oxygen atoms in total. The summed E-state index contributed by atoms with van der Waals surface area (Å²) in [7, 11) is 1.42. The highest BCUT2D eigenvalue weighted by Gasteiger charge is 2.40. The van der Waals surface area contributed by atoms with Crippen molar-refractivity contribution in [2.24, 2.45) is 0 Å². The maximum Gasteiger partial charge on any atom is 0.282 e. The number of aromatic nitrogens is 1. The van der Waals surface area contributed by atoms with Crippen LogP contribution in [-0.4, -0.2) is 97.6 Å². The van der Waals surface area contributed by atoms with Gasteiger partial charge in [-0.3, -0.25) is 9.59 Å². The quantitative estimate of drug-likeness (QED) is 0.435. The van der Waals surface area contributed by atoms with Crippen molar-refractivity contribution in [1.82, 2.24) is 24.0 Å². The fourth-order valence-corrected chi connectivity index (χ4v) is 9.23. The van der Waals surface area contributed by atoms with E-state index in [1.165, 1.54) is 20.5 Å². The lowest BCUT2D eigenvalue weighted by atomic mass is 10.1. The number of carbonyl (C=O) groups is 2. The van der Waals surface area contributed by atoms with Crippen LogP contribution in [0.1, 0.15) is 26.8 Å². The smallest absolute Gasteiger partial charge is 0.282 e. The van der Waals surface area contributed by atoms with Crippen LogP contribution in [0.4, 0.5) is 0 Å². The van der Waals surface area contributed by atoms with Gasteiger partial charge in [-0.05, 0) is 30.6 Å². The second-order valence-corrected chi connectivity index (χ2v) is 14.4. The summed E-state index contributed by atoms with van der Waals surface area (Å²) in [6.07, 6.45) is 0.786. The number of benzene rings is 1. The minimum absolute atomic E-state index is 0. The van der Waals surface area contributed by atoms with Gasteiger partial charge in [0.15, 0.2) is 5.01 Å². The molecule has 1 atom stereocenters. The Bertz CT molecular complexity index is 1470. The van der Waals surface area contributed by atoms with E-state index in [0.29, 0.717) is 10.0 Å². The predicted molar refractivity (Wildman–Crippen MR) is 153 cm³/mol. The summed E-state index contributed by atoms with van der Waals surface area (Å²) in [5, 5.41) is 1.76. The minimum atomic E-state index is -3.90. The Hall–Kier alpha value is -1.80. The fraction of sp³-hybridized carbons (Fsp3) is 0.458. The molecule has 0 aliphatic carbocycles. The summed E-state index contributed by atoms with van der Waals surface area (Å²) in [6, 6.07) is 6.22. The summed E-state index contributed by atoms with van der Waals surface area (Å²) in [6.45, 7) is 2.12. The fourth-order valence-electron chi connectivity index (χ4n) is 4.66. The number of likely N-dealkylation sites (N-methyl/N-ethyl adjacent to an activating group) is 1. The average Bonchev–Trinajstić information content (AvgIpc) is 3.47. The number of piperazine rings is 1. The van der Waals surface area contributed by atoms with Gasteiger partial charge in [-0.2, -0.15) is 4.31 Å². The molecule has 4 heterocycles. The zero-order valence-corrected chi connectivity index (χ0v) is 25.2. The molecular formula is C24H29Cl2N5O4S3. The second kappa shape index (κ2) is 11.4. The molecule has 5 rings (SSSR count). The van der Waals surface area contributed by atoms with Gasteiger partial charge in [-0.1, -0.05) is 17.7 Å². The minimum Gasteiger partial charge on any atom is -0.349 e. The van der Waals surface area contributed by atoms with Crippen LogP contribution in [0.25, 0.3) is 10.1 Å². The van der Waals surface area contributed by atoms with Crippen molar-refractivity contribution in [1.29, 1.82) is 0 Å². The van der Waals surface area contributed by atoms with Crippen LogP contribution in [0.3, 0.4) is 0 Å². The van der Waals surface area contributed by atoms with E-state index in [0.717, 1.165) is 51.5 Å². The number of fused-ring (bicyclic) bond motifs is 2. The second-order valence-electron chi connectivity index (χ2n) is 9.64. The molecule has 1 saturated heterocycles. The molecule has 14 heteroatoms. The van der Waals surface area contributed by atoms with Crippen molar-refractivity contribution in [3.05, 3.63) is 44.9 Å². The van der Waals surface area contributed by atoms with Crippen molar-refractivity contribution in [2.75, 3.05) is 47.3 Å². The van der Waals surface area contributed by atoms with Crippen LogP contribution in [0.2, 0.25) is 5.02 Å². The Balaban J connectivity index is 0.00000336. The third-order valence-electron chi connectivity index (χ3n) is 6.75. The number of sulfonamides is 1. The van der Waals surface area contributed by atoms with Gasteiger partial charge < -0.3 is 14.7 Å². The normalized spacial score (nSPS) is 18.7. The lowest BCUT2D eigenvalue weighted by Gasteiger charge is -2.40. The van der Waals surface area contributed by atoms with Gasteiger partial charge in [0.2, 0.25) is 5.91 Å². The van der Waals surface area contributed by atoms with E-state index in [1.54, 1.807) is 43.3 Å². The number of thiazole rings is 1. The highest BCUT2D eigenvalue weighted by molar-refractivity contribution is 7.91. The monoisotopic (exact) mass is 617 g/mol. The van der Waals surface area contributed by atoms with Gasteiger partial charge in [-0.15, -0.1) is 35.1 Å². The Morgan fingerprint density at radius 3 is 2.66 bits per heavy atom. The number of rotatable bonds is 5. The summed E-state index contributed by atoms with van der Waals surface area (Å²) in [5.74, 6) is -0.409. The molecule has 0 radical (unpaired) electrons. The van der Waals surface area contributed by atoms with Crippen LogP contribution < -0.4 is 0 Å². The molecule has 2 aromatic heterocycles. The molecule has 3 aromatic rings. The Morgan fingerprint density at radius 2 is 1.92 bits per heavy atom. The van der Waals surface area contributed by atoms with E-state index in [2.05, 4.69) is 9.88 Å². The molecule has 0 spiro atoms. The standard InChI is InChI=1S/C24H28ClN5O4S3.ClH/c1-27(2)21(31)12-17-13-29(24(32)23-26-18-6-7-28(3)14-20(18)36-23)8-9-30(17)37(33,34)22-10-15-4-5-16(25)11-19(15)35-22;/h4-5,10-11,17H,6-9,12-14H2,1-3H3;1H. The first-order chi connectivity index (χ1) is 17.5. The van der Waals surface area contributed by atoms with Crippen molar-refractivity contribution in [3.8, 4) is 0 Å². The zero-order chi connectivity index (χ0) is 26.5. The average molecular weight is 619 g/mol. The van der Waals surface area contributed by atoms with Crippen LogP contribution >= 0.6 is 46.7 Å². The molecule has 0 bridgehead atoms. The highest BCUT2D eigenvalue weighted by Crippen LogP contribution is 2.35. The molecule has 1 fully saturated rings. The first kappa shape index (κ1) is 29.2. The van der Waals surface area contributed by atoms with Crippen LogP contribution in [-0.2, 0) is 27.8 Å². The Labute approximate surface area is 241 Å². The van der Waals surface area contributed by atoms with E-state index in [-0.39, 0.29) is 54.5 Å².